The Morgan fingerprint density at radius 3 is 2.88 bits per heavy atom. The van der Waals surface area contributed by atoms with Crippen molar-refractivity contribution in [2.75, 3.05) is 24.2 Å². The number of aromatic nitrogens is 4. The zero-order valence-corrected chi connectivity index (χ0v) is 16.8. The number of anilines is 1. The Labute approximate surface area is 160 Å². The third kappa shape index (κ3) is 3.83. The molecule has 0 saturated carbocycles. The van der Waals surface area contributed by atoms with Crippen molar-refractivity contribution in [2.45, 2.75) is 25.9 Å². The minimum Gasteiger partial charge on any atom is -0.462 e. The summed E-state index contributed by atoms with van der Waals surface area (Å²) in [7, 11) is 1.98. The fourth-order valence-corrected chi connectivity index (χ4v) is 4.47. The number of aryl methyl sites for hydroxylation is 3. The first-order chi connectivity index (χ1) is 12.5. The van der Waals surface area contributed by atoms with E-state index >= 15 is 0 Å². The highest BCUT2D eigenvalue weighted by molar-refractivity contribution is 7.99. The molecule has 0 unspecified atom stereocenters. The molecule has 0 aliphatic carbocycles. The normalized spacial score (nSPS) is 11.1. The number of thioether (sulfide) groups is 1. The molecule has 138 valence electrons. The van der Waals surface area contributed by atoms with Crippen molar-refractivity contribution in [2.24, 2.45) is 7.05 Å². The minimum atomic E-state index is -0.304. The second kappa shape index (κ2) is 8.05. The highest BCUT2D eigenvalue weighted by atomic mass is 32.2. The Hall–Kier alpha value is -2.13. The zero-order valence-electron chi connectivity index (χ0n) is 15.2. The maximum Gasteiger partial charge on any atom is 0.348 e. The van der Waals surface area contributed by atoms with Gasteiger partial charge in [0.05, 0.1) is 12.0 Å². The van der Waals surface area contributed by atoms with E-state index in [0.29, 0.717) is 17.3 Å². The number of thiophene rings is 1. The van der Waals surface area contributed by atoms with Crippen LogP contribution in [-0.4, -0.2) is 44.4 Å². The summed E-state index contributed by atoms with van der Waals surface area (Å²) >= 11 is 3.03. The Kier molecular flexibility index (Phi) is 5.77. The monoisotopic (exact) mass is 391 g/mol. The van der Waals surface area contributed by atoms with Gasteiger partial charge in [0.1, 0.15) is 21.3 Å². The number of nitrogens with zero attached hydrogens (tertiary/aromatic N) is 4. The van der Waals surface area contributed by atoms with Crippen molar-refractivity contribution in [3.8, 4) is 0 Å². The molecule has 3 rings (SSSR count). The van der Waals surface area contributed by atoms with E-state index in [1.54, 1.807) is 24.9 Å². The van der Waals surface area contributed by atoms with Gasteiger partial charge >= 0.3 is 5.97 Å². The van der Waals surface area contributed by atoms with Crippen LogP contribution < -0.4 is 5.32 Å². The van der Waals surface area contributed by atoms with E-state index in [1.165, 1.54) is 11.3 Å². The van der Waals surface area contributed by atoms with Crippen LogP contribution in [0.3, 0.4) is 0 Å². The summed E-state index contributed by atoms with van der Waals surface area (Å²) in [5.74, 6) is 1.98. The van der Waals surface area contributed by atoms with Crippen LogP contribution in [0.25, 0.3) is 10.2 Å². The number of carbonyl (C=O) groups excluding carboxylic acids is 1. The quantitative estimate of drug-likeness (QED) is 0.375. The standard InChI is InChI=1S/C17H21N5O2S2/c1-5-24-16(23)13-10(2)12-14(20-11(3)21-15(12)26-13)18-7-9-25-17-19-6-8-22(17)4/h6,8H,5,7,9H2,1-4H3,(H,18,20,21). The maximum atomic E-state index is 12.2. The van der Waals surface area contributed by atoms with E-state index in [9.17, 15) is 4.79 Å². The second-order valence-electron chi connectivity index (χ2n) is 5.67. The fraction of sp³-hybridized carbons (Fsp3) is 0.412. The molecule has 3 heterocycles. The lowest BCUT2D eigenvalue weighted by atomic mass is 10.2. The van der Waals surface area contributed by atoms with Crippen molar-refractivity contribution in [3.05, 3.63) is 28.7 Å². The number of imidazole rings is 1. The summed E-state index contributed by atoms with van der Waals surface area (Å²) in [6.45, 7) is 6.65. The first kappa shape index (κ1) is 18.7. The molecule has 26 heavy (non-hydrogen) atoms. The maximum absolute atomic E-state index is 12.2. The lowest BCUT2D eigenvalue weighted by Crippen LogP contribution is -2.08. The van der Waals surface area contributed by atoms with Gasteiger partial charge in [-0.2, -0.15) is 0 Å². The molecule has 0 amide bonds. The van der Waals surface area contributed by atoms with E-state index in [1.807, 2.05) is 31.7 Å². The molecule has 0 aliphatic heterocycles. The summed E-state index contributed by atoms with van der Waals surface area (Å²) < 4.78 is 7.14. The molecule has 0 spiro atoms. The number of ether oxygens (including phenoxy) is 1. The molecule has 0 aliphatic rings. The first-order valence-electron chi connectivity index (χ1n) is 8.30. The smallest absolute Gasteiger partial charge is 0.348 e. The van der Waals surface area contributed by atoms with Crippen LogP contribution in [0.4, 0.5) is 5.82 Å². The first-order valence-corrected chi connectivity index (χ1v) is 10.1. The predicted molar refractivity (Wildman–Crippen MR) is 105 cm³/mol. The zero-order chi connectivity index (χ0) is 18.7. The molecule has 0 radical (unpaired) electrons. The van der Waals surface area contributed by atoms with Crippen molar-refractivity contribution < 1.29 is 9.53 Å². The van der Waals surface area contributed by atoms with E-state index in [-0.39, 0.29) is 5.97 Å². The van der Waals surface area contributed by atoms with Crippen molar-refractivity contribution in [1.29, 1.82) is 0 Å². The highest BCUT2D eigenvalue weighted by Gasteiger charge is 2.20. The van der Waals surface area contributed by atoms with Gasteiger partial charge in [-0.05, 0) is 26.3 Å². The summed E-state index contributed by atoms with van der Waals surface area (Å²) in [5, 5.41) is 5.25. The summed E-state index contributed by atoms with van der Waals surface area (Å²) in [4.78, 5) is 26.9. The number of hydrogen-bond acceptors (Lipinski definition) is 8. The SMILES string of the molecule is CCOC(=O)c1sc2nc(C)nc(NCCSc3nccn3C)c2c1C. The van der Waals surface area contributed by atoms with Crippen LogP contribution in [0.15, 0.2) is 17.6 Å². The van der Waals surface area contributed by atoms with Gasteiger partial charge in [-0.15, -0.1) is 11.3 Å². The Morgan fingerprint density at radius 2 is 2.19 bits per heavy atom. The van der Waals surface area contributed by atoms with E-state index in [2.05, 4.69) is 20.3 Å². The number of esters is 1. The van der Waals surface area contributed by atoms with Gasteiger partial charge in [0.25, 0.3) is 0 Å². The molecular formula is C17H21N5O2S2. The van der Waals surface area contributed by atoms with Crippen molar-refractivity contribution >= 4 is 45.1 Å². The molecular weight excluding hydrogens is 370 g/mol. The van der Waals surface area contributed by atoms with Gasteiger partial charge in [0.15, 0.2) is 5.16 Å². The van der Waals surface area contributed by atoms with Gasteiger partial charge in [-0.1, -0.05) is 11.8 Å². The Balaban J connectivity index is 1.78. The molecule has 0 saturated heterocycles. The minimum absolute atomic E-state index is 0.304. The molecule has 9 heteroatoms. The number of carbonyl (C=O) groups is 1. The van der Waals surface area contributed by atoms with Gasteiger partial charge in [0.2, 0.25) is 0 Å². The van der Waals surface area contributed by atoms with Crippen LogP contribution in [0.1, 0.15) is 28.0 Å². The summed E-state index contributed by atoms with van der Waals surface area (Å²) in [6.07, 6.45) is 3.72. The van der Waals surface area contributed by atoms with Gasteiger partial charge in [-0.25, -0.2) is 19.7 Å². The number of hydrogen-bond donors (Lipinski definition) is 1. The van der Waals surface area contributed by atoms with E-state index < -0.39 is 0 Å². The van der Waals surface area contributed by atoms with E-state index in [0.717, 1.165) is 39.1 Å². The van der Waals surface area contributed by atoms with Crippen LogP contribution in [0, 0.1) is 13.8 Å². The van der Waals surface area contributed by atoms with Gasteiger partial charge in [-0.3, -0.25) is 0 Å². The molecule has 3 aromatic rings. The van der Waals surface area contributed by atoms with Gasteiger partial charge in [0, 0.05) is 31.7 Å². The summed E-state index contributed by atoms with van der Waals surface area (Å²) in [5.41, 5.74) is 0.864. The number of nitrogens with one attached hydrogen (secondary N) is 1. The third-order valence-electron chi connectivity index (χ3n) is 3.77. The Morgan fingerprint density at radius 1 is 1.38 bits per heavy atom. The average molecular weight is 392 g/mol. The lowest BCUT2D eigenvalue weighted by molar-refractivity contribution is 0.0531. The van der Waals surface area contributed by atoms with Crippen LogP contribution in [-0.2, 0) is 11.8 Å². The van der Waals surface area contributed by atoms with Crippen molar-refractivity contribution in [3.63, 3.8) is 0 Å². The number of rotatable bonds is 7. The molecule has 7 nitrogen and oxygen atoms in total. The van der Waals surface area contributed by atoms with E-state index in [4.69, 9.17) is 4.74 Å². The van der Waals surface area contributed by atoms with Crippen LogP contribution in [0.5, 0.6) is 0 Å². The van der Waals surface area contributed by atoms with Gasteiger partial charge < -0.3 is 14.6 Å². The largest absolute Gasteiger partial charge is 0.462 e. The molecule has 3 aromatic heterocycles. The molecule has 0 bridgehead atoms. The molecule has 0 atom stereocenters. The molecule has 0 fully saturated rings. The number of fused-ring (bicyclic) bond motifs is 1. The molecule has 1 N–H and O–H groups in total. The topological polar surface area (TPSA) is 81.9 Å². The van der Waals surface area contributed by atoms with Crippen LogP contribution >= 0.6 is 23.1 Å². The average Bonchev–Trinajstić information content (AvgIpc) is 3.15. The lowest BCUT2D eigenvalue weighted by Gasteiger charge is -2.08. The third-order valence-corrected chi connectivity index (χ3v) is 5.99. The fourth-order valence-electron chi connectivity index (χ4n) is 2.57. The second-order valence-corrected chi connectivity index (χ2v) is 7.73. The highest BCUT2D eigenvalue weighted by Crippen LogP contribution is 2.34. The summed E-state index contributed by atoms with van der Waals surface area (Å²) in [6, 6.07) is 0. The van der Waals surface area contributed by atoms with Crippen LogP contribution in [0.2, 0.25) is 0 Å². The molecule has 0 aromatic carbocycles. The Bertz CT molecular complexity index is 935. The van der Waals surface area contributed by atoms with Crippen molar-refractivity contribution in [1.82, 2.24) is 19.5 Å². The predicted octanol–water partition coefficient (Wildman–Crippen LogP) is 3.42.